The Morgan fingerprint density at radius 2 is 0.606 bits per heavy atom. The Labute approximate surface area is 579 Å². The van der Waals surface area contributed by atoms with Gasteiger partial charge < -0.3 is 4.57 Å². The summed E-state index contributed by atoms with van der Waals surface area (Å²) < 4.78 is 3.45. The van der Waals surface area contributed by atoms with Gasteiger partial charge in [-0.2, -0.15) is 0 Å². The molecule has 20 rings (SSSR count). The van der Waals surface area contributed by atoms with Crippen LogP contribution in [0.25, 0.3) is 172 Å². The fraction of sp³-hybridized carbons (Fsp3) is 0.0110. The summed E-state index contributed by atoms with van der Waals surface area (Å²) in [6.07, 6.45) is 1.03. The molecule has 0 fully saturated rings. The third kappa shape index (κ3) is 10.7. The maximum absolute atomic E-state index is 4.97. The highest BCUT2D eigenvalue weighted by Crippen LogP contribution is 2.48. The number of halogens is 1. The maximum Gasteiger partial charge on any atom is 0.164 e. The summed E-state index contributed by atoms with van der Waals surface area (Å²) in [5.41, 5.74) is 15.0. The lowest BCUT2D eigenvalue weighted by Crippen LogP contribution is -2.00. The smallest absolute Gasteiger partial charge is 0.164 e. The quantitative estimate of drug-likeness (QED) is 0.148. The minimum Gasteiger partial charge on any atom is -0.309 e. The van der Waals surface area contributed by atoms with Crippen molar-refractivity contribution in [2.24, 2.45) is 0 Å². The van der Waals surface area contributed by atoms with E-state index in [1.165, 1.54) is 109 Å². The highest BCUT2D eigenvalue weighted by Gasteiger charge is 2.25. The maximum atomic E-state index is 4.97. The number of para-hydroxylation sites is 1. The monoisotopic (exact) mass is 1330 g/mol. The summed E-state index contributed by atoms with van der Waals surface area (Å²) in [4.78, 5) is 28.9. The van der Waals surface area contributed by atoms with Crippen LogP contribution in [0.5, 0.6) is 0 Å². The summed E-state index contributed by atoms with van der Waals surface area (Å²) >= 11 is 3.47. The van der Waals surface area contributed by atoms with Gasteiger partial charge in [-0.15, -0.1) is 0 Å². The highest BCUT2D eigenvalue weighted by atomic mass is 79.9. The molecular formula is C91H58BrN7. The van der Waals surface area contributed by atoms with Crippen LogP contribution in [0.2, 0.25) is 0 Å². The summed E-state index contributed by atoms with van der Waals surface area (Å²) in [6.45, 7) is 0. The molecule has 16 aromatic carbocycles. The zero-order chi connectivity index (χ0) is 65.8. The van der Waals surface area contributed by atoms with Crippen LogP contribution in [0.1, 0.15) is 11.1 Å². The van der Waals surface area contributed by atoms with Crippen LogP contribution in [-0.4, -0.2) is 34.5 Å². The van der Waals surface area contributed by atoms with Crippen LogP contribution in [0, 0.1) is 0 Å². The van der Waals surface area contributed by atoms with Gasteiger partial charge in [-0.1, -0.05) is 313 Å². The van der Waals surface area contributed by atoms with Crippen molar-refractivity contribution in [1.29, 1.82) is 0 Å². The fourth-order valence-electron chi connectivity index (χ4n) is 14.6. The van der Waals surface area contributed by atoms with Gasteiger partial charge in [-0.25, -0.2) is 29.9 Å². The second-order valence-corrected chi connectivity index (χ2v) is 25.8. The number of hydrogen-bond acceptors (Lipinski definition) is 6. The molecule has 0 saturated carbocycles. The van der Waals surface area contributed by atoms with Crippen LogP contribution in [0.3, 0.4) is 0 Å². The van der Waals surface area contributed by atoms with Gasteiger partial charge in [-0.3, -0.25) is 0 Å². The molecule has 7 nitrogen and oxygen atoms in total. The Kier molecular flexibility index (Phi) is 15.0. The van der Waals surface area contributed by atoms with Gasteiger partial charge in [0.2, 0.25) is 0 Å². The van der Waals surface area contributed by atoms with Crippen LogP contribution < -0.4 is 0 Å². The molecule has 3 aromatic heterocycles. The molecule has 0 saturated heterocycles. The van der Waals surface area contributed by atoms with E-state index in [4.69, 9.17) is 24.9 Å². The number of aromatic nitrogens is 7. The van der Waals surface area contributed by atoms with Crippen molar-refractivity contribution in [2.45, 2.75) is 6.42 Å². The molecular weight excluding hydrogens is 1270 g/mol. The Balaban J connectivity index is 0.000000119. The molecule has 0 aliphatic heterocycles. The van der Waals surface area contributed by atoms with Crippen molar-refractivity contribution in [3.05, 3.63) is 355 Å². The van der Waals surface area contributed by atoms with E-state index >= 15 is 0 Å². The summed E-state index contributed by atoms with van der Waals surface area (Å²) in [7, 11) is 0. The molecule has 0 N–H and O–H groups in total. The standard InChI is InChI=1S/C45H28N4.C25H16.C21H14BrN3/c1-3-14-30(15-4-1)43-46-44(31-16-5-2-6-17-31)48-45(47-43)32-23-26-33(27-24-32)49-39-22-12-11-21-37(39)41-36-20-10-9-19-35(36)40-34-18-8-7-13-29(34)25-28-38(40)42(41)49;1-3-9-18-16(7-1)13-14-22-23-15-17-8-2-4-10-19(17)25(23)21-12-6-5-11-20(21)24(18)22;22-18-13-11-17(12-14-18)21-24-19(15-7-3-1-4-8-15)23-20(25-21)16-9-5-2-6-10-16/h1-28H;1-14H,15H2;1-14H. The predicted molar refractivity (Wildman–Crippen MR) is 414 cm³/mol. The molecule has 8 heteroatoms. The van der Waals surface area contributed by atoms with E-state index in [1.807, 2.05) is 146 Å². The zero-order valence-corrected chi connectivity index (χ0v) is 55.1. The third-order valence-electron chi connectivity index (χ3n) is 19.1. The molecule has 0 atom stereocenters. The van der Waals surface area contributed by atoms with E-state index in [2.05, 4.69) is 220 Å². The minimum atomic E-state index is 0.643. The van der Waals surface area contributed by atoms with E-state index in [9.17, 15) is 0 Å². The van der Waals surface area contributed by atoms with Gasteiger partial charge in [-0.05, 0) is 130 Å². The molecule has 464 valence electrons. The van der Waals surface area contributed by atoms with Crippen LogP contribution in [0.4, 0.5) is 0 Å². The summed E-state index contributed by atoms with van der Waals surface area (Å²) in [6, 6.07) is 119. The van der Waals surface area contributed by atoms with E-state index < -0.39 is 0 Å². The van der Waals surface area contributed by atoms with Crippen LogP contribution in [0.15, 0.2) is 344 Å². The molecule has 0 bridgehead atoms. The van der Waals surface area contributed by atoms with E-state index in [-0.39, 0.29) is 0 Å². The molecule has 0 amide bonds. The lowest BCUT2D eigenvalue weighted by Gasteiger charge is -2.14. The first-order valence-electron chi connectivity index (χ1n) is 33.3. The van der Waals surface area contributed by atoms with Crippen molar-refractivity contribution in [3.8, 4) is 85.1 Å². The molecule has 19 aromatic rings. The Hall–Kier alpha value is -12.6. The van der Waals surface area contributed by atoms with Crippen molar-refractivity contribution < 1.29 is 0 Å². The number of rotatable bonds is 7. The average Bonchev–Trinajstić information content (AvgIpc) is 1.57. The van der Waals surface area contributed by atoms with Gasteiger partial charge in [0.05, 0.1) is 11.0 Å². The van der Waals surface area contributed by atoms with E-state index in [1.54, 1.807) is 0 Å². The Bertz CT molecular complexity index is 6190. The minimum absolute atomic E-state index is 0.643. The van der Waals surface area contributed by atoms with Crippen molar-refractivity contribution in [1.82, 2.24) is 34.5 Å². The average molecular weight is 1330 g/mol. The number of nitrogens with zero attached hydrogens (tertiary/aromatic N) is 7. The van der Waals surface area contributed by atoms with Gasteiger partial charge >= 0.3 is 0 Å². The second kappa shape index (κ2) is 25.2. The van der Waals surface area contributed by atoms with Gasteiger partial charge in [0, 0.05) is 59.7 Å². The second-order valence-electron chi connectivity index (χ2n) is 24.9. The fourth-order valence-corrected chi connectivity index (χ4v) is 14.8. The van der Waals surface area contributed by atoms with Gasteiger partial charge in [0.1, 0.15) is 0 Å². The van der Waals surface area contributed by atoms with Crippen molar-refractivity contribution in [2.75, 3.05) is 0 Å². The van der Waals surface area contributed by atoms with E-state index in [0.29, 0.717) is 34.9 Å². The van der Waals surface area contributed by atoms with Crippen LogP contribution in [-0.2, 0) is 6.42 Å². The van der Waals surface area contributed by atoms with Gasteiger partial charge in [0.25, 0.3) is 0 Å². The molecule has 0 unspecified atom stereocenters. The lowest BCUT2D eigenvalue weighted by atomic mass is 9.89. The lowest BCUT2D eigenvalue weighted by molar-refractivity contribution is 1.07. The van der Waals surface area contributed by atoms with E-state index in [0.717, 1.165) is 50.0 Å². The molecule has 1 aliphatic rings. The largest absolute Gasteiger partial charge is 0.309 e. The Morgan fingerprint density at radius 1 is 0.253 bits per heavy atom. The highest BCUT2D eigenvalue weighted by molar-refractivity contribution is 9.10. The SMILES string of the molecule is Brc1ccc(-c2nc(-c3ccccc3)nc(-c3ccccc3)n2)cc1.c1ccc(-c2nc(-c3ccccc3)nc(-c3ccc(-n4c5ccccc5c5c6ccccc6c6c7ccccc7ccc6c54)cc3)n2)cc1.c1ccc2c(c1)Cc1c-2c2ccccc2c2c1ccc1ccccc12. The summed E-state index contributed by atoms with van der Waals surface area (Å²) in [5.74, 6) is 3.97. The summed E-state index contributed by atoms with van der Waals surface area (Å²) in [5, 5.41) is 18.3. The van der Waals surface area contributed by atoms with Crippen molar-refractivity contribution in [3.63, 3.8) is 0 Å². The predicted octanol–water partition coefficient (Wildman–Crippen LogP) is 23.8. The third-order valence-corrected chi connectivity index (χ3v) is 19.6. The first kappa shape index (κ1) is 58.9. The van der Waals surface area contributed by atoms with Crippen molar-refractivity contribution >= 4 is 102 Å². The molecule has 99 heavy (non-hydrogen) atoms. The number of hydrogen-bond donors (Lipinski definition) is 0. The Morgan fingerprint density at radius 3 is 1.10 bits per heavy atom. The number of fused-ring (bicyclic) bond motifs is 20. The zero-order valence-electron chi connectivity index (χ0n) is 53.5. The first-order valence-corrected chi connectivity index (χ1v) is 34.1. The first-order chi connectivity index (χ1) is 49.0. The van der Waals surface area contributed by atoms with Crippen LogP contribution >= 0.6 is 15.9 Å². The molecule has 0 radical (unpaired) electrons. The molecule has 3 heterocycles. The molecule has 0 spiro atoms. The normalized spacial score (nSPS) is 11.6. The number of benzene rings is 16. The topological polar surface area (TPSA) is 82.3 Å². The van der Waals surface area contributed by atoms with Gasteiger partial charge in [0.15, 0.2) is 34.9 Å². The molecule has 1 aliphatic carbocycles.